The number of fused-ring (bicyclic) bond motifs is 2. The van der Waals surface area contributed by atoms with E-state index in [4.69, 9.17) is 9.47 Å². The molecule has 2 fully saturated rings. The quantitative estimate of drug-likeness (QED) is 0.0410. The van der Waals surface area contributed by atoms with Crippen LogP contribution in [0.5, 0.6) is 11.5 Å². The van der Waals surface area contributed by atoms with Crippen molar-refractivity contribution >= 4 is 91.6 Å². The average Bonchev–Trinajstić information content (AvgIpc) is 4.26. The summed E-state index contributed by atoms with van der Waals surface area (Å²) in [5.74, 6) is -0.248. The van der Waals surface area contributed by atoms with E-state index >= 15 is 0 Å². The molecular weight excluding hydrogens is 1040 g/mol. The zero-order valence-corrected chi connectivity index (χ0v) is 48.7. The number of hydrogen-bond acceptors (Lipinski definition) is 16. The number of carbonyl (C=O) groups excluding carboxylic acids is 6. The number of methoxy groups -OCH3 is 2. The standard InChI is InChI=1S/C60H76N14O8/c1-33(61-9)53(75)71-49(59(3,4)5)57(79)73-25-13-15-45(73)55(77)69-43-27-39-41(29-47(43)81-11)63-31-65-51(39)67-37-21-17-35(18-22-37)36-19-23-38(24-20-36)68-52-40-28-44(48(82-12)30-42(40)64-32-66-52)70-56(78)46-16-14-26-74(46)58(80)50(60(6,7)8)72-54(76)34(2)62-10/h17-24,27-34,45-46,49-50,61-62H,13-16,25-26H2,1-12H3,(H,69,77)(H,70,78)(H,71,75)(H,72,76)(H,63,65,67)(H,64,66,68)/t33-,34-,45-,46-,49+,50+/m0/s1. The van der Waals surface area contributed by atoms with Gasteiger partial charge in [0.1, 0.15) is 60.0 Å². The highest BCUT2D eigenvalue weighted by atomic mass is 16.5. The summed E-state index contributed by atoms with van der Waals surface area (Å²) in [6.45, 7) is 15.5. The molecule has 2 aliphatic rings. The Kier molecular flexibility index (Phi) is 18.3. The zero-order chi connectivity index (χ0) is 59.2. The third-order valence-electron chi connectivity index (χ3n) is 15.2. The van der Waals surface area contributed by atoms with Crippen LogP contribution in [0, 0.1) is 10.8 Å². The van der Waals surface area contributed by atoms with Crippen LogP contribution in [0.25, 0.3) is 32.9 Å². The van der Waals surface area contributed by atoms with Crippen LogP contribution in [-0.4, -0.2) is 143 Å². The van der Waals surface area contributed by atoms with Crippen molar-refractivity contribution in [3.63, 3.8) is 0 Å². The Balaban J connectivity index is 0.942. The number of amides is 6. The molecule has 6 aromatic rings. The molecule has 2 aromatic heterocycles. The summed E-state index contributed by atoms with van der Waals surface area (Å²) < 4.78 is 11.4. The fraction of sp³-hybridized carbons (Fsp3) is 0.433. The highest BCUT2D eigenvalue weighted by Gasteiger charge is 2.44. The number of nitrogens with one attached hydrogen (secondary N) is 8. The largest absolute Gasteiger partial charge is 0.494 e. The van der Waals surface area contributed by atoms with Gasteiger partial charge in [0.15, 0.2) is 0 Å². The molecule has 4 aromatic carbocycles. The van der Waals surface area contributed by atoms with Crippen molar-refractivity contribution in [2.75, 3.05) is 62.7 Å². The predicted molar refractivity (Wildman–Crippen MR) is 317 cm³/mol. The third-order valence-corrected chi connectivity index (χ3v) is 15.2. The number of likely N-dealkylation sites (tertiary alicyclic amines) is 2. The highest BCUT2D eigenvalue weighted by Crippen LogP contribution is 2.37. The van der Waals surface area contributed by atoms with Crippen molar-refractivity contribution in [1.29, 1.82) is 0 Å². The summed E-state index contributed by atoms with van der Waals surface area (Å²) in [5.41, 5.74) is 4.07. The number of likely N-dealkylation sites (N-methyl/N-ethyl adjacent to an activating group) is 2. The summed E-state index contributed by atoms with van der Waals surface area (Å²) in [7, 11) is 6.37. The fourth-order valence-electron chi connectivity index (χ4n) is 10.1. The summed E-state index contributed by atoms with van der Waals surface area (Å²) in [5, 5.41) is 25.7. The Morgan fingerprint density at radius 3 is 1.24 bits per heavy atom. The first-order chi connectivity index (χ1) is 39.0. The number of benzene rings is 4. The second-order valence-electron chi connectivity index (χ2n) is 23.0. The van der Waals surface area contributed by atoms with Crippen molar-refractivity contribution in [2.45, 2.75) is 117 Å². The van der Waals surface area contributed by atoms with E-state index in [1.807, 2.05) is 90.1 Å². The maximum Gasteiger partial charge on any atom is 0.247 e. The lowest BCUT2D eigenvalue weighted by Gasteiger charge is -2.36. The molecule has 0 aliphatic carbocycles. The normalized spacial score (nSPS) is 16.9. The lowest BCUT2D eigenvalue weighted by Crippen LogP contribution is -2.59. The van der Waals surface area contributed by atoms with Gasteiger partial charge in [-0.15, -0.1) is 0 Å². The van der Waals surface area contributed by atoms with Gasteiger partial charge in [0.05, 0.1) is 48.7 Å². The molecule has 434 valence electrons. The molecule has 2 saturated heterocycles. The third kappa shape index (κ3) is 13.3. The number of anilines is 6. The van der Waals surface area contributed by atoms with Crippen LogP contribution in [0.4, 0.5) is 34.4 Å². The number of rotatable bonds is 19. The first-order valence-corrected chi connectivity index (χ1v) is 27.6. The van der Waals surface area contributed by atoms with Crippen molar-refractivity contribution < 1.29 is 38.2 Å². The van der Waals surface area contributed by atoms with Gasteiger partial charge in [-0.05, 0) is 112 Å². The van der Waals surface area contributed by atoms with E-state index < -0.39 is 47.1 Å². The van der Waals surface area contributed by atoms with Gasteiger partial charge < -0.3 is 61.8 Å². The molecule has 0 bridgehead atoms. The Hall–Kier alpha value is -8.50. The van der Waals surface area contributed by atoms with E-state index in [1.165, 1.54) is 26.9 Å². The molecule has 0 saturated carbocycles. The van der Waals surface area contributed by atoms with Crippen LogP contribution < -0.4 is 52.0 Å². The number of hydrogen-bond donors (Lipinski definition) is 8. The first-order valence-electron chi connectivity index (χ1n) is 27.6. The minimum absolute atomic E-state index is 0.305. The van der Waals surface area contributed by atoms with E-state index in [2.05, 4.69) is 62.5 Å². The van der Waals surface area contributed by atoms with Gasteiger partial charge in [0, 0.05) is 47.4 Å². The minimum Gasteiger partial charge on any atom is -0.494 e. The van der Waals surface area contributed by atoms with Crippen molar-refractivity contribution in [3.8, 4) is 22.6 Å². The van der Waals surface area contributed by atoms with Gasteiger partial charge >= 0.3 is 0 Å². The number of carbonyl (C=O) groups is 6. The van der Waals surface area contributed by atoms with E-state index in [9.17, 15) is 28.8 Å². The van der Waals surface area contributed by atoms with Gasteiger partial charge in [0.25, 0.3) is 0 Å². The zero-order valence-electron chi connectivity index (χ0n) is 48.7. The topological polar surface area (TPSA) is 275 Å². The molecule has 0 radical (unpaired) electrons. The monoisotopic (exact) mass is 1120 g/mol. The van der Waals surface area contributed by atoms with Crippen LogP contribution in [0.3, 0.4) is 0 Å². The Labute approximate surface area is 478 Å². The van der Waals surface area contributed by atoms with Crippen LogP contribution in [0.2, 0.25) is 0 Å². The minimum atomic E-state index is -0.852. The molecule has 6 atom stereocenters. The summed E-state index contributed by atoms with van der Waals surface area (Å²) in [6.07, 6.45) is 5.05. The lowest BCUT2D eigenvalue weighted by atomic mass is 9.85. The van der Waals surface area contributed by atoms with E-state index in [0.29, 0.717) is 95.1 Å². The number of ether oxygens (including phenoxy) is 2. The molecule has 8 rings (SSSR count). The highest BCUT2D eigenvalue weighted by molar-refractivity contribution is 6.05. The fourth-order valence-corrected chi connectivity index (χ4v) is 10.1. The maximum absolute atomic E-state index is 14.1. The van der Waals surface area contributed by atoms with E-state index in [-0.39, 0.29) is 35.4 Å². The predicted octanol–water partition coefficient (Wildman–Crippen LogP) is 6.88. The lowest BCUT2D eigenvalue weighted by molar-refractivity contribution is -0.143. The second-order valence-corrected chi connectivity index (χ2v) is 23.0. The Bertz CT molecular complexity index is 3120. The van der Waals surface area contributed by atoms with Crippen LogP contribution in [0.1, 0.15) is 81.1 Å². The number of nitrogens with zero attached hydrogens (tertiary/aromatic N) is 6. The van der Waals surface area contributed by atoms with Crippen LogP contribution >= 0.6 is 0 Å². The summed E-state index contributed by atoms with van der Waals surface area (Å²) in [4.78, 5) is 103. The molecule has 8 N–H and O–H groups in total. The van der Waals surface area contributed by atoms with Crippen molar-refractivity contribution in [3.05, 3.63) is 85.5 Å². The van der Waals surface area contributed by atoms with Crippen molar-refractivity contribution in [1.82, 2.24) is 51.0 Å². The SMILES string of the molecule is CN[C@@H](C)C(=O)N[C@H](C(=O)N1CCC[C@H]1C(=O)Nc1cc2c(Nc3ccc(-c4ccc(Nc5ncnc6cc(OC)c(NC(=O)[C@@H]7CCCN7C(=O)[C@@H](NC(=O)[C@H](C)NC)C(C)(C)C)cc56)cc4)cc3)ncnc2cc1OC)C(C)(C)C. The molecule has 4 heterocycles. The smallest absolute Gasteiger partial charge is 0.247 e. The Morgan fingerprint density at radius 1 is 0.549 bits per heavy atom. The van der Waals surface area contributed by atoms with Gasteiger partial charge in [-0.3, -0.25) is 28.8 Å². The van der Waals surface area contributed by atoms with Crippen LogP contribution in [-0.2, 0) is 28.8 Å². The second kappa shape index (κ2) is 25.1. The van der Waals surface area contributed by atoms with E-state index in [1.54, 1.807) is 62.0 Å². The molecule has 0 spiro atoms. The summed E-state index contributed by atoms with van der Waals surface area (Å²) in [6, 6.07) is 18.4. The molecule has 22 nitrogen and oxygen atoms in total. The van der Waals surface area contributed by atoms with Gasteiger partial charge in [-0.1, -0.05) is 65.8 Å². The molecular formula is C60H76N14O8. The summed E-state index contributed by atoms with van der Waals surface area (Å²) >= 11 is 0. The van der Waals surface area contributed by atoms with Crippen molar-refractivity contribution in [2.24, 2.45) is 10.8 Å². The Morgan fingerprint density at radius 2 is 0.915 bits per heavy atom. The molecule has 6 amide bonds. The molecule has 22 heteroatoms. The van der Waals surface area contributed by atoms with Crippen LogP contribution in [0.15, 0.2) is 85.5 Å². The van der Waals surface area contributed by atoms with Gasteiger partial charge in [0.2, 0.25) is 35.4 Å². The molecule has 2 aliphatic heterocycles. The van der Waals surface area contributed by atoms with E-state index in [0.717, 1.165) is 22.5 Å². The maximum atomic E-state index is 14.1. The first kappa shape index (κ1) is 59.6. The average molecular weight is 1120 g/mol. The molecule has 82 heavy (non-hydrogen) atoms. The van der Waals surface area contributed by atoms with Gasteiger partial charge in [-0.2, -0.15) is 0 Å². The number of aromatic nitrogens is 4. The van der Waals surface area contributed by atoms with Gasteiger partial charge in [-0.25, -0.2) is 19.9 Å². The molecule has 0 unspecified atom stereocenters.